The topological polar surface area (TPSA) is 107 Å². The van der Waals surface area contributed by atoms with Crippen molar-refractivity contribution in [3.8, 4) is 0 Å². The van der Waals surface area contributed by atoms with E-state index in [0.29, 0.717) is 0 Å². The van der Waals surface area contributed by atoms with Gasteiger partial charge in [-0.1, -0.05) is 0 Å². The molecule has 88 valence electrons. The lowest BCUT2D eigenvalue weighted by Gasteiger charge is -2.13. The van der Waals surface area contributed by atoms with E-state index in [2.05, 4.69) is 0 Å². The first kappa shape index (κ1) is 11.1. The molecule has 2 heterocycles. The highest BCUT2D eigenvalue weighted by atomic mass is 16.7. The summed E-state index contributed by atoms with van der Waals surface area (Å²) in [6, 6.07) is 5.08. The van der Waals surface area contributed by atoms with Gasteiger partial charge >= 0.3 is 11.5 Å². The summed E-state index contributed by atoms with van der Waals surface area (Å²) in [6.45, 7) is 0. The van der Waals surface area contributed by atoms with Crippen molar-refractivity contribution in [2.24, 2.45) is 0 Å². The maximum Gasteiger partial charge on any atom is 0.448 e. The number of ketones is 1. The third-order valence-corrected chi connectivity index (χ3v) is 2.19. The molecule has 1 N–H and O–H groups in total. The summed E-state index contributed by atoms with van der Waals surface area (Å²) in [4.78, 5) is 21.6. The van der Waals surface area contributed by atoms with E-state index in [4.69, 9.17) is 8.83 Å². The number of aliphatic hydroxyl groups is 1. The van der Waals surface area contributed by atoms with Gasteiger partial charge in [0, 0.05) is 0 Å². The lowest BCUT2D eigenvalue weighted by atomic mass is 10.0. The molecule has 2 aromatic heterocycles. The highest BCUT2D eigenvalue weighted by Gasteiger charge is 2.55. The number of nitrogens with zero attached hydrogens (tertiary/aromatic N) is 1. The molecule has 0 aliphatic rings. The Hall–Kier alpha value is -2.41. The molecule has 7 nitrogen and oxygen atoms in total. The Bertz CT molecular complexity index is 529. The number of hydrogen-bond acceptors (Lipinski definition) is 6. The predicted octanol–water partition coefficient (Wildman–Crippen LogP) is 1.18. The van der Waals surface area contributed by atoms with Crippen LogP contribution in [0.5, 0.6) is 0 Å². The fourth-order valence-electron chi connectivity index (χ4n) is 1.34. The number of nitro groups is 1. The van der Waals surface area contributed by atoms with Gasteiger partial charge in [-0.3, -0.25) is 14.9 Å². The number of hydrogen-bond donors (Lipinski definition) is 1. The van der Waals surface area contributed by atoms with Crippen LogP contribution in [0.15, 0.2) is 45.6 Å². The third-order valence-electron chi connectivity index (χ3n) is 2.19. The second kappa shape index (κ2) is 3.87. The van der Waals surface area contributed by atoms with Crippen LogP contribution in [0.4, 0.5) is 0 Å². The standard InChI is InChI=1S/C10H7NO6/c12-9(7-3-1-5-16-7)10(13,11(14)15)8-4-2-6-17-8/h1-6,13H. The molecule has 0 spiro atoms. The molecule has 0 aromatic carbocycles. The number of Topliss-reactive ketones (excluding diaryl/α,β-unsaturated/α-hetero) is 1. The summed E-state index contributed by atoms with van der Waals surface area (Å²) in [7, 11) is 0. The van der Waals surface area contributed by atoms with Gasteiger partial charge in [0.1, 0.15) is 0 Å². The Kier molecular flexibility index (Phi) is 2.52. The maximum atomic E-state index is 11.8. The normalized spacial score (nSPS) is 14.2. The van der Waals surface area contributed by atoms with Crippen molar-refractivity contribution in [2.75, 3.05) is 0 Å². The van der Waals surface area contributed by atoms with E-state index >= 15 is 0 Å². The zero-order valence-corrected chi connectivity index (χ0v) is 8.40. The third kappa shape index (κ3) is 1.62. The highest BCUT2D eigenvalue weighted by Crippen LogP contribution is 2.27. The molecule has 1 atom stereocenters. The zero-order chi connectivity index (χ0) is 12.5. The van der Waals surface area contributed by atoms with Crippen LogP contribution >= 0.6 is 0 Å². The van der Waals surface area contributed by atoms with Crippen molar-refractivity contribution < 1.29 is 23.7 Å². The molecule has 0 aliphatic heterocycles. The molecule has 0 saturated heterocycles. The van der Waals surface area contributed by atoms with E-state index < -0.39 is 22.2 Å². The first-order valence-electron chi connectivity index (χ1n) is 4.56. The highest BCUT2D eigenvalue weighted by molar-refractivity contribution is 5.98. The van der Waals surface area contributed by atoms with E-state index in [9.17, 15) is 20.0 Å². The summed E-state index contributed by atoms with van der Waals surface area (Å²) in [5.74, 6) is -1.98. The van der Waals surface area contributed by atoms with E-state index in [1.807, 2.05) is 0 Å². The van der Waals surface area contributed by atoms with Gasteiger partial charge < -0.3 is 13.9 Å². The van der Waals surface area contributed by atoms with Crippen LogP contribution in [0.1, 0.15) is 16.3 Å². The second-order valence-electron chi connectivity index (χ2n) is 3.21. The van der Waals surface area contributed by atoms with E-state index in [-0.39, 0.29) is 5.76 Å². The van der Waals surface area contributed by atoms with Gasteiger partial charge in [0.25, 0.3) is 0 Å². The van der Waals surface area contributed by atoms with Crippen LogP contribution in [0.2, 0.25) is 0 Å². The largest absolute Gasteiger partial charge is 0.461 e. The molecular weight excluding hydrogens is 230 g/mol. The van der Waals surface area contributed by atoms with Crippen molar-refractivity contribution in [1.82, 2.24) is 0 Å². The Morgan fingerprint density at radius 3 is 2.41 bits per heavy atom. The molecular formula is C10H7NO6. The van der Waals surface area contributed by atoms with Crippen LogP contribution < -0.4 is 0 Å². The summed E-state index contributed by atoms with van der Waals surface area (Å²) in [5.41, 5.74) is -2.97. The van der Waals surface area contributed by atoms with E-state index in [0.717, 1.165) is 12.3 Å². The van der Waals surface area contributed by atoms with Crippen molar-refractivity contribution in [3.05, 3.63) is 58.4 Å². The average molecular weight is 237 g/mol. The first-order chi connectivity index (χ1) is 8.06. The second-order valence-corrected chi connectivity index (χ2v) is 3.21. The predicted molar refractivity (Wildman–Crippen MR) is 52.6 cm³/mol. The minimum absolute atomic E-state index is 0.319. The molecule has 0 amide bonds. The van der Waals surface area contributed by atoms with E-state index in [1.165, 1.54) is 24.5 Å². The fraction of sp³-hybridized carbons (Fsp3) is 0.100. The molecule has 0 bridgehead atoms. The molecule has 17 heavy (non-hydrogen) atoms. The minimum Gasteiger partial charge on any atom is -0.461 e. The Morgan fingerprint density at radius 2 is 1.94 bits per heavy atom. The van der Waals surface area contributed by atoms with Crippen LogP contribution in [-0.4, -0.2) is 15.8 Å². The van der Waals surface area contributed by atoms with Crippen molar-refractivity contribution >= 4 is 5.78 Å². The number of furan rings is 2. The van der Waals surface area contributed by atoms with Crippen LogP contribution in [-0.2, 0) is 5.72 Å². The monoisotopic (exact) mass is 237 g/mol. The molecule has 0 saturated carbocycles. The van der Waals surface area contributed by atoms with E-state index in [1.54, 1.807) is 0 Å². The minimum atomic E-state index is -2.97. The SMILES string of the molecule is O=C(c1ccco1)C(O)(c1ccco1)[N+](=O)[O-]. The smallest absolute Gasteiger partial charge is 0.448 e. The van der Waals surface area contributed by atoms with Gasteiger partial charge in [-0.2, -0.15) is 0 Å². The van der Waals surface area contributed by atoms with Gasteiger partial charge in [0.2, 0.25) is 5.76 Å². The first-order valence-corrected chi connectivity index (χ1v) is 4.56. The maximum absolute atomic E-state index is 11.8. The molecule has 0 fully saturated rings. The summed E-state index contributed by atoms with van der Waals surface area (Å²) < 4.78 is 9.46. The van der Waals surface area contributed by atoms with Gasteiger partial charge in [0.15, 0.2) is 5.76 Å². The van der Waals surface area contributed by atoms with Crippen LogP contribution in [0.25, 0.3) is 0 Å². The summed E-state index contributed by atoms with van der Waals surface area (Å²) in [5, 5.41) is 20.8. The summed E-state index contributed by atoms with van der Waals surface area (Å²) >= 11 is 0. The number of carbonyl (C=O) groups excluding carboxylic acids is 1. The van der Waals surface area contributed by atoms with Gasteiger partial charge in [-0.15, -0.1) is 0 Å². The summed E-state index contributed by atoms with van der Waals surface area (Å²) in [6.07, 6.45) is 2.30. The Balaban J connectivity index is 2.50. The Morgan fingerprint density at radius 1 is 1.29 bits per heavy atom. The quantitative estimate of drug-likeness (QED) is 0.370. The fourth-order valence-corrected chi connectivity index (χ4v) is 1.34. The number of carbonyl (C=O) groups is 1. The molecule has 1 unspecified atom stereocenters. The van der Waals surface area contributed by atoms with Gasteiger partial charge in [-0.25, -0.2) is 0 Å². The van der Waals surface area contributed by atoms with Crippen molar-refractivity contribution in [3.63, 3.8) is 0 Å². The lowest BCUT2D eigenvalue weighted by molar-refractivity contribution is -0.615. The zero-order valence-electron chi connectivity index (χ0n) is 8.40. The average Bonchev–Trinajstić information content (AvgIpc) is 2.98. The van der Waals surface area contributed by atoms with Gasteiger partial charge in [0.05, 0.1) is 17.4 Å². The molecule has 2 rings (SSSR count). The van der Waals surface area contributed by atoms with Crippen LogP contribution in [0.3, 0.4) is 0 Å². The molecule has 2 aromatic rings. The molecule has 0 radical (unpaired) electrons. The Labute approximate surface area is 94.4 Å². The van der Waals surface area contributed by atoms with Crippen molar-refractivity contribution in [1.29, 1.82) is 0 Å². The van der Waals surface area contributed by atoms with Gasteiger partial charge in [-0.05, 0) is 24.3 Å². The molecule has 0 aliphatic carbocycles. The lowest BCUT2D eigenvalue weighted by Crippen LogP contribution is -2.43. The van der Waals surface area contributed by atoms with Crippen molar-refractivity contribution in [2.45, 2.75) is 5.72 Å². The number of rotatable bonds is 4. The van der Waals surface area contributed by atoms with Crippen LogP contribution in [0, 0.1) is 10.1 Å². The molecule has 7 heteroatoms.